The van der Waals surface area contributed by atoms with E-state index < -0.39 is 10.8 Å². The minimum absolute atomic E-state index is 0.0139. The normalized spacial score (nSPS) is 41.9. The Morgan fingerprint density at radius 3 is 2.71 bits per heavy atom. The van der Waals surface area contributed by atoms with Crippen LogP contribution in [0.5, 0.6) is 0 Å². The second-order valence-electron chi connectivity index (χ2n) is 1.52. The largest absolute Gasteiger partial charge is 0.364 e. The topological polar surface area (TPSA) is 26.3 Å². The van der Waals surface area contributed by atoms with E-state index in [2.05, 4.69) is 0 Å². The first-order chi connectivity index (χ1) is 3.30. The first-order valence-corrected chi connectivity index (χ1v) is 3.67. The molecule has 1 fully saturated rings. The molecule has 3 heteroatoms. The monoisotopic (exact) mass is 120 g/mol. The van der Waals surface area contributed by atoms with Crippen molar-refractivity contribution in [3.8, 4) is 0 Å². The fourth-order valence-electron chi connectivity index (χ4n) is 0.538. The predicted molar refractivity (Wildman–Crippen MR) is 28.4 cm³/mol. The van der Waals surface area contributed by atoms with E-state index in [9.17, 15) is 4.21 Å². The smallest absolute Gasteiger partial charge is 0.129 e. The fourth-order valence-corrected chi connectivity index (χ4v) is 1.38. The lowest BCUT2D eigenvalue weighted by molar-refractivity contribution is 0.154. The van der Waals surface area contributed by atoms with Crippen molar-refractivity contribution in [3.05, 3.63) is 0 Å². The van der Waals surface area contributed by atoms with Crippen LogP contribution in [0.3, 0.4) is 0 Å². The van der Waals surface area contributed by atoms with Crippen LogP contribution in [0.15, 0.2) is 0 Å². The van der Waals surface area contributed by atoms with Crippen molar-refractivity contribution >= 4 is 10.8 Å². The van der Waals surface area contributed by atoms with Gasteiger partial charge in [-0.2, -0.15) is 0 Å². The van der Waals surface area contributed by atoms with Crippen LogP contribution in [0.4, 0.5) is 0 Å². The van der Waals surface area contributed by atoms with Crippen molar-refractivity contribution in [2.45, 2.75) is 12.4 Å². The lowest BCUT2D eigenvalue weighted by Gasteiger charge is -1.94. The van der Waals surface area contributed by atoms with Crippen molar-refractivity contribution < 1.29 is 8.95 Å². The molecule has 0 aliphatic carbocycles. The van der Waals surface area contributed by atoms with Crippen LogP contribution in [-0.4, -0.2) is 22.0 Å². The van der Waals surface area contributed by atoms with Gasteiger partial charge in [0, 0.05) is 5.75 Å². The van der Waals surface area contributed by atoms with Gasteiger partial charge >= 0.3 is 0 Å². The Bertz CT molecular complexity index is 91.7. The van der Waals surface area contributed by atoms with Crippen LogP contribution in [-0.2, 0) is 15.5 Å². The third-order valence-corrected chi connectivity index (χ3v) is 2.45. The van der Waals surface area contributed by atoms with E-state index in [0.29, 0.717) is 6.61 Å². The molecule has 1 heterocycles. The Labute approximate surface area is 45.3 Å². The molecule has 0 N–H and O–H groups in total. The molecule has 0 saturated carbocycles. The quantitative estimate of drug-likeness (QED) is 0.453. The standard InChI is InChI=1S/C4H8O2S/c1-4-6-2-3-7(4)5/h4H,2-3H2,1H3/t4-,7?/m1/s1. The van der Waals surface area contributed by atoms with Crippen molar-refractivity contribution in [2.75, 3.05) is 12.4 Å². The lowest BCUT2D eigenvalue weighted by atomic mass is 10.8. The van der Waals surface area contributed by atoms with Gasteiger partial charge < -0.3 is 4.74 Å². The Balaban J connectivity index is 2.48. The summed E-state index contributed by atoms with van der Waals surface area (Å²) in [5.41, 5.74) is -0.0139. The second kappa shape index (κ2) is 1.92. The number of hydrogen-bond acceptors (Lipinski definition) is 2. The highest BCUT2D eigenvalue weighted by molar-refractivity contribution is 7.85. The van der Waals surface area contributed by atoms with Crippen molar-refractivity contribution in [2.24, 2.45) is 0 Å². The summed E-state index contributed by atoms with van der Waals surface area (Å²) in [7, 11) is -0.690. The zero-order valence-corrected chi connectivity index (χ0v) is 5.03. The van der Waals surface area contributed by atoms with E-state index in [0.717, 1.165) is 5.75 Å². The van der Waals surface area contributed by atoms with E-state index in [4.69, 9.17) is 4.74 Å². The van der Waals surface area contributed by atoms with Crippen LogP contribution < -0.4 is 0 Å². The molecule has 42 valence electrons. The fraction of sp³-hybridized carbons (Fsp3) is 1.00. The summed E-state index contributed by atoms with van der Waals surface area (Å²) in [5.74, 6) is 0.723. The Morgan fingerprint density at radius 1 is 1.86 bits per heavy atom. The first kappa shape index (κ1) is 5.25. The molecule has 1 saturated heterocycles. The van der Waals surface area contributed by atoms with Gasteiger partial charge in [-0.15, -0.1) is 0 Å². The first-order valence-electron chi connectivity index (χ1n) is 2.29. The molecule has 0 amide bonds. The molecule has 7 heavy (non-hydrogen) atoms. The SMILES string of the molecule is C[C@@H]1OCCS1=O. The van der Waals surface area contributed by atoms with Gasteiger partial charge in [0.1, 0.15) is 5.44 Å². The van der Waals surface area contributed by atoms with Crippen LogP contribution >= 0.6 is 0 Å². The molecule has 2 atom stereocenters. The lowest BCUT2D eigenvalue weighted by Crippen LogP contribution is -2.03. The maximum Gasteiger partial charge on any atom is 0.129 e. The van der Waals surface area contributed by atoms with Gasteiger partial charge in [-0.3, -0.25) is 4.21 Å². The minimum atomic E-state index is -0.690. The number of ether oxygens (including phenoxy) is 1. The summed E-state index contributed by atoms with van der Waals surface area (Å²) in [6, 6.07) is 0. The highest BCUT2D eigenvalue weighted by Crippen LogP contribution is 2.05. The summed E-state index contributed by atoms with van der Waals surface area (Å²) in [4.78, 5) is 0. The van der Waals surface area contributed by atoms with E-state index in [1.165, 1.54) is 0 Å². The summed E-state index contributed by atoms with van der Waals surface area (Å²) in [6.45, 7) is 2.51. The molecule has 0 spiro atoms. The third kappa shape index (κ3) is 1.01. The van der Waals surface area contributed by atoms with E-state index in [1.54, 1.807) is 0 Å². The Morgan fingerprint density at radius 2 is 2.57 bits per heavy atom. The van der Waals surface area contributed by atoms with Gasteiger partial charge in [0.05, 0.1) is 17.4 Å². The number of rotatable bonds is 0. The Kier molecular flexibility index (Phi) is 1.44. The molecule has 0 radical (unpaired) electrons. The van der Waals surface area contributed by atoms with Gasteiger partial charge in [-0.05, 0) is 6.92 Å². The molecule has 1 aliphatic rings. The van der Waals surface area contributed by atoms with Gasteiger partial charge in [-0.1, -0.05) is 0 Å². The summed E-state index contributed by atoms with van der Waals surface area (Å²) >= 11 is 0. The van der Waals surface area contributed by atoms with E-state index in [1.807, 2.05) is 6.92 Å². The van der Waals surface area contributed by atoms with Gasteiger partial charge in [0.25, 0.3) is 0 Å². The molecule has 0 aromatic heterocycles. The van der Waals surface area contributed by atoms with Crippen LogP contribution in [0, 0.1) is 0 Å². The average molecular weight is 120 g/mol. The van der Waals surface area contributed by atoms with Crippen molar-refractivity contribution in [3.63, 3.8) is 0 Å². The van der Waals surface area contributed by atoms with E-state index >= 15 is 0 Å². The molecule has 1 aliphatic heterocycles. The molecular formula is C4H8O2S. The molecule has 1 rings (SSSR count). The zero-order chi connectivity index (χ0) is 5.28. The van der Waals surface area contributed by atoms with Crippen LogP contribution in [0.1, 0.15) is 6.92 Å². The third-order valence-electron chi connectivity index (χ3n) is 1.01. The van der Waals surface area contributed by atoms with Gasteiger partial charge in [0.15, 0.2) is 0 Å². The summed E-state index contributed by atoms with van der Waals surface area (Å²) < 4.78 is 15.5. The molecule has 0 bridgehead atoms. The molecule has 0 aromatic rings. The second-order valence-corrected chi connectivity index (χ2v) is 3.36. The van der Waals surface area contributed by atoms with Crippen molar-refractivity contribution in [1.29, 1.82) is 0 Å². The predicted octanol–water partition coefficient (Wildman–Crippen LogP) is 0.111. The average Bonchev–Trinajstić information content (AvgIpc) is 1.91. The van der Waals surface area contributed by atoms with Gasteiger partial charge in [0.2, 0.25) is 0 Å². The molecule has 0 aromatic carbocycles. The van der Waals surface area contributed by atoms with Crippen LogP contribution in [0.25, 0.3) is 0 Å². The van der Waals surface area contributed by atoms with Crippen molar-refractivity contribution in [1.82, 2.24) is 0 Å². The maximum atomic E-state index is 10.6. The minimum Gasteiger partial charge on any atom is -0.364 e. The molecule has 1 unspecified atom stereocenters. The summed E-state index contributed by atoms with van der Waals surface area (Å²) in [6.07, 6.45) is 0. The highest BCUT2D eigenvalue weighted by Gasteiger charge is 2.17. The Hall–Kier alpha value is 0.110. The summed E-state index contributed by atoms with van der Waals surface area (Å²) in [5, 5.41) is 0. The number of hydrogen-bond donors (Lipinski definition) is 0. The molecule has 2 nitrogen and oxygen atoms in total. The maximum absolute atomic E-state index is 10.6. The molecular weight excluding hydrogens is 112 g/mol. The highest BCUT2D eigenvalue weighted by atomic mass is 32.2. The van der Waals surface area contributed by atoms with E-state index in [-0.39, 0.29) is 5.44 Å². The van der Waals surface area contributed by atoms with Gasteiger partial charge in [-0.25, -0.2) is 0 Å². The van der Waals surface area contributed by atoms with Crippen LogP contribution in [0.2, 0.25) is 0 Å². The zero-order valence-electron chi connectivity index (χ0n) is 4.22.